The minimum absolute atomic E-state index is 0.0137. The van der Waals surface area contributed by atoms with Gasteiger partial charge >= 0.3 is 0 Å². The van der Waals surface area contributed by atoms with Crippen LogP contribution in [-0.4, -0.2) is 27.2 Å². The number of nitrogens with one attached hydrogen (secondary N) is 1. The topological polar surface area (TPSA) is 90.0 Å². The lowest BCUT2D eigenvalue weighted by Gasteiger charge is -2.08. The summed E-state index contributed by atoms with van der Waals surface area (Å²) >= 11 is 0. The van der Waals surface area contributed by atoms with Crippen LogP contribution in [0.15, 0.2) is 28.1 Å². The molecule has 0 bridgehead atoms. The van der Waals surface area contributed by atoms with Gasteiger partial charge in [0.15, 0.2) is 0 Å². The molecule has 2 aromatic heterocycles. The average Bonchev–Trinajstić information content (AvgIpc) is 2.98. The Bertz CT molecular complexity index is 661. The van der Waals surface area contributed by atoms with Crippen LogP contribution in [0.3, 0.4) is 0 Å². The average molecular weight is 290 g/mol. The van der Waals surface area contributed by atoms with E-state index in [1.165, 1.54) is 10.9 Å². The van der Waals surface area contributed by atoms with Gasteiger partial charge in [-0.2, -0.15) is 0 Å². The third-order valence-corrected chi connectivity index (χ3v) is 3.28. The maximum atomic E-state index is 11.9. The number of hydrogen-bond acceptors (Lipinski definition) is 5. The van der Waals surface area contributed by atoms with Crippen LogP contribution in [0.5, 0.6) is 0 Å². The molecule has 0 aliphatic carbocycles. The molecule has 0 saturated heterocycles. The highest BCUT2D eigenvalue weighted by Gasteiger charge is 2.07. The van der Waals surface area contributed by atoms with E-state index >= 15 is 0 Å². The van der Waals surface area contributed by atoms with Gasteiger partial charge in [0.1, 0.15) is 12.8 Å². The molecule has 21 heavy (non-hydrogen) atoms. The molecule has 2 heterocycles. The Balaban J connectivity index is 1.79. The Kier molecular flexibility index (Phi) is 4.86. The molecule has 2 aromatic rings. The molecular formula is C14H18N4O3. The maximum Gasteiger partial charge on any atom is 0.256 e. The number of hydrogen-bond donors (Lipinski definition) is 1. The molecule has 7 heteroatoms. The first-order valence-electron chi connectivity index (χ1n) is 6.75. The first-order chi connectivity index (χ1) is 10.1. The maximum absolute atomic E-state index is 11.9. The Morgan fingerprint density at radius 2 is 2.24 bits per heavy atom. The van der Waals surface area contributed by atoms with Crippen molar-refractivity contribution in [3.05, 3.63) is 46.0 Å². The van der Waals surface area contributed by atoms with Crippen molar-refractivity contribution < 1.29 is 9.32 Å². The third kappa shape index (κ3) is 4.01. The largest absolute Gasteiger partial charge is 0.364 e. The minimum atomic E-state index is -0.201. The molecule has 0 fully saturated rings. The van der Waals surface area contributed by atoms with Gasteiger partial charge in [-0.15, -0.1) is 0 Å². The number of aryl methyl sites for hydroxylation is 2. The molecule has 0 aliphatic heterocycles. The van der Waals surface area contributed by atoms with E-state index in [9.17, 15) is 9.59 Å². The SMILES string of the molecule is Cc1ncn(CC(=O)NCCCc2cnoc2)c(=O)c1C. The zero-order chi connectivity index (χ0) is 15.2. The summed E-state index contributed by atoms with van der Waals surface area (Å²) in [7, 11) is 0. The zero-order valence-corrected chi connectivity index (χ0v) is 12.1. The highest BCUT2D eigenvalue weighted by molar-refractivity contribution is 5.75. The van der Waals surface area contributed by atoms with E-state index in [1.807, 2.05) is 0 Å². The lowest BCUT2D eigenvalue weighted by Crippen LogP contribution is -2.34. The predicted octanol–water partition coefficient (Wildman–Crippen LogP) is 0.597. The van der Waals surface area contributed by atoms with E-state index in [0.29, 0.717) is 17.8 Å². The van der Waals surface area contributed by atoms with Crippen molar-refractivity contribution in [3.63, 3.8) is 0 Å². The number of nitrogens with zero attached hydrogens (tertiary/aromatic N) is 3. The van der Waals surface area contributed by atoms with Crippen LogP contribution in [0.4, 0.5) is 0 Å². The van der Waals surface area contributed by atoms with Crippen LogP contribution >= 0.6 is 0 Å². The standard InChI is InChI=1S/C14H18N4O3/c1-10-11(2)16-9-18(14(10)20)7-13(19)15-5-3-4-12-6-17-21-8-12/h6,8-9H,3-5,7H2,1-2H3,(H,15,19). The monoisotopic (exact) mass is 290 g/mol. The number of aromatic nitrogens is 3. The van der Waals surface area contributed by atoms with Crippen molar-refractivity contribution in [1.82, 2.24) is 20.0 Å². The Morgan fingerprint density at radius 3 is 2.95 bits per heavy atom. The molecule has 0 atom stereocenters. The first-order valence-corrected chi connectivity index (χ1v) is 6.75. The van der Waals surface area contributed by atoms with E-state index in [2.05, 4.69) is 15.5 Å². The summed E-state index contributed by atoms with van der Waals surface area (Å²) in [6.45, 7) is 4.00. The molecule has 1 N–H and O–H groups in total. The Morgan fingerprint density at radius 1 is 1.43 bits per heavy atom. The van der Waals surface area contributed by atoms with Gasteiger partial charge in [-0.25, -0.2) is 4.98 Å². The second-order valence-electron chi connectivity index (χ2n) is 4.87. The number of carbonyl (C=O) groups excluding carboxylic acids is 1. The van der Waals surface area contributed by atoms with E-state index in [0.717, 1.165) is 18.4 Å². The van der Waals surface area contributed by atoms with Crippen molar-refractivity contribution in [1.29, 1.82) is 0 Å². The molecule has 0 radical (unpaired) electrons. The van der Waals surface area contributed by atoms with Gasteiger partial charge in [0.25, 0.3) is 5.56 Å². The van der Waals surface area contributed by atoms with Gasteiger partial charge in [0.2, 0.25) is 5.91 Å². The predicted molar refractivity (Wildman–Crippen MR) is 75.8 cm³/mol. The summed E-state index contributed by atoms with van der Waals surface area (Å²) in [5.74, 6) is -0.201. The Labute approximate surface area is 122 Å². The molecule has 0 spiro atoms. The minimum Gasteiger partial charge on any atom is -0.364 e. The van der Waals surface area contributed by atoms with Crippen molar-refractivity contribution >= 4 is 5.91 Å². The fraction of sp³-hybridized carbons (Fsp3) is 0.429. The van der Waals surface area contributed by atoms with Crippen LogP contribution in [0.1, 0.15) is 23.2 Å². The molecule has 1 amide bonds. The van der Waals surface area contributed by atoms with E-state index in [-0.39, 0.29) is 18.0 Å². The van der Waals surface area contributed by atoms with Gasteiger partial charge in [0, 0.05) is 23.4 Å². The Hall–Kier alpha value is -2.44. The molecule has 112 valence electrons. The molecule has 0 saturated carbocycles. The lowest BCUT2D eigenvalue weighted by molar-refractivity contribution is -0.121. The summed E-state index contributed by atoms with van der Waals surface area (Å²) < 4.78 is 6.04. The molecule has 0 unspecified atom stereocenters. The number of amides is 1. The molecular weight excluding hydrogens is 272 g/mol. The van der Waals surface area contributed by atoms with Crippen molar-refractivity contribution in [2.24, 2.45) is 0 Å². The molecule has 7 nitrogen and oxygen atoms in total. The third-order valence-electron chi connectivity index (χ3n) is 3.28. The van der Waals surface area contributed by atoms with Gasteiger partial charge in [0.05, 0.1) is 12.5 Å². The van der Waals surface area contributed by atoms with Crippen molar-refractivity contribution in [3.8, 4) is 0 Å². The van der Waals surface area contributed by atoms with Gasteiger partial charge < -0.3 is 9.84 Å². The van der Waals surface area contributed by atoms with E-state index in [1.54, 1.807) is 26.3 Å². The lowest BCUT2D eigenvalue weighted by atomic mass is 10.2. The summed E-state index contributed by atoms with van der Waals surface area (Å²) in [6, 6.07) is 0. The highest BCUT2D eigenvalue weighted by atomic mass is 16.5. The zero-order valence-electron chi connectivity index (χ0n) is 12.1. The van der Waals surface area contributed by atoms with Crippen LogP contribution in [-0.2, 0) is 17.8 Å². The van der Waals surface area contributed by atoms with Gasteiger partial charge in [-0.05, 0) is 26.7 Å². The molecule has 0 aromatic carbocycles. The van der Waals surface area contributed by atoms with Crippen molar-refractivity contribution in [2.45, 2.75) is 33.2 Å². The summed E-state index contributed by atoms with van der Waals surface area (Å²) in [4.78, 5) is 27.8. The van der Waals surface area contributed by atoms with Crippen LogP contribution in [0.25, 0.3) is 0 Å². The van der Waals surface area contributed by atoms with Gasteiger partial charge in [-0.3, -0.25) is 14.2 Å². The van der Waals surface area contributed by atoms with Gasteiger partial charge in [-0.1, -0.05) is 5.16 Å². The number of carbonyl (C=O) groups is 1. The molecule has 2 rings (SSSR count). The van der Waals surface area contributed by atoms with E-state index < -0.39 is 0 Å². The highest BCUT2D eigenvalue weighted by Crippen LogP contribution is 2.00. The number of rotatable bonds is 6. The summed E-state index contributed by atoms with van der Waals surface area (Å²) in [5, 5.41) is 6.39. The quantitative estimate of drug-likeness (QED) is 0.787. The van der Waals surface area contributed by atoms with Crippen LogP contribution < -0.4 is 10.9 Å². The van der Waals surface area contributed by atoms with Crippen LogP contribution in [0, 0.1) is 13.8 Å². The first kappa shape index (κ1) is 15.0. The summed E-state index contributed by atoms with van der Waals surface area (Å²) in [6.07, 6.45) is 6.22. The normalized spacial score (nSPS) is 10.6. The summed E-state index contributed by atoms with van der Waals surface area (Å²) in [5.41, 5.74) is 2.07. The smallest absolute Gasteiger partial charge is 0.256 e. The second kappa shape index (κ2) is 6.83. The second-order valence-corrected chi connectivity index (χ2v) is 4.87. The van der Waals surface area contributed by atoms with Crippen molar-refractivity contribution in [2.75, 3.05) is 6.54 Å². The molecule has 0 aliphatic rings. The fourth-order valence-electron chi connectivity index (χ4n) is 1.87. The van der Waals surface area contributed by atoms with Crippen LogP contribution in [0.2, 0.25) is 0 Å². The fourth-order valence-corrected chi connectivity index (χ4v) is 1.87. The van der Waals surface area contributed by atoms with E-state index in [4.69, 9.17) is 4.52 Å².